The van der Waals surface area contributed by atoms with Gasteiger partial charge in [0.15, 0.2) is 0 Å². The van der Waals surface area contributed by atoms with Gasteiger partial charge in [-0.15, -0.1) is 0 Å². The van der Waals surface area contributed by atoms with Gasteiger partial charge in [-0.1, -0.05) is 11.6 Å². The maximum Gasteiger partial charge on any atom is 0.318 e. The molecule has 0 bridgehead atoms. The van der Waals surface area contributed by atoms with Crippen molar-refractivity contribution in [1.29, 1.82) is 0 Å². The first-order valence-corrected chi connectivity index (χ1v) is 7.55. The Kier molecular flexibility index (Phi) is 5.38. The Balaban J connectivity index is 1.90. The van der Waals surface area contributed by atoms with Crippen LogP contribution in [-0.2, 0) is 4.79 Å². The van der Waals surface area contributed by atoms with Crippen molar-refractivity contribution in [2.24, 2.45) is 11.7 Å². The van der Waals surface area contributed by atoms with Crippen LogP contribution in [0.3, 0.4) is 0 Å². The second kappa shape index (κ2) is 7.28. The summed E-state index contributed by atoms with van der Waals surface area (Å²) in [5, 5.41) is 16.3. The SMILES string of the molecule is NC(=O)NC(=O)C1CCC(Nc2ccc([N+](=O)[O-])cc2Cl)CC1. The summed E-state index contributed by atoms with van der Waals surface area (Å²) in [6, 6.07) is 3.54. The molecule has 0 atom stereocenters. The number of halogens is 1. The predicted octanol–water partition coefficient (Wildman–Crippen LogP) is 2.41. The first-order valence-electron chi connectivity index (χ1n) is 7.17. The monoisotopic (exact) mass is 340 g/mol. The van der Waals surface area contributed by atoms with Gasteiger partial charge in [0.2, 0.25) is 5.91 Å². The average molecular weight is 341 g/mol. The Morgan fingerprint density at radius 1 is 1.26 bits per heavy atom. The van der Waals surface area contributed by atoms with Crippen LogP contribution in [0.2, 0.25) is 5.02 Å². The molecule has 1 aliphatic rings. The molecule has 8 nitrogen and oxygen atoms in total. The fraction of sp³-hybridized carbons (Fsp3) is 0.429. The largest absolute Gasteiger partial charge is 0.381 e. The standard InChI is InChI=1S/C14H17ClN4O4/c15-11-7-10(19(22)23)5-6-12(11)17-9-3-1-8(2-4-9)13(20)18-14(16)21/h5-9,17H,1-4H2,(H3,16,18,20,21). The van der Waals surface area contributed by atoms with Crippen molar-refractivity contribution in [1.82, 2.24) is 5.32 Å². The number of urea groups is 1. The highest BCUT2D eigenvalue weighted by atomic mass is 35.5. The van der Waals surface area contributed by atoms with Crippen LogP contribution < -0.4 is 16.4 Å². The molecule has 1 saturated carbocycles. The Bertz CT molecular complexity index is 629. The highest BCUT2D eigenvalue weighted by Crippen LogP contribution is 2.31. The average Bonchev–Trinajstić information content (AvgIpc) is 2.49. The lowest BCUT2D eigenvalue weighted by Crippen LogP contribution is -2.41. The molecule has 124 valence electrons. The van der Waals surface area contributed by atoms with E-state index in [0.29, 0.717) is 18.5 Å². The minimum atomic E-state index is -0.840. The number of anilines is 1. The highest BCUT2D eigenvalue weighted by Gasteiger charge is 2.27. The zero-order chi connectivity index (χ0) is 17.0. The van der Waals surface area contributed by atoms with E-state index in [1.54, 1.807) is 6.07 Å². The molecule has 4 N–H and O–H groups in total. The summed E-state index contributed by atoms with van der Waals surface area (Å²) in [5.74, 6) is -0.572. The molecule has 1 aromatic rings. The zero-order valence-electron chi connectivity index (χ0n) is 12.3. The van der Waals surface area contributed by atoms with E-state index >= 15 is 0 Å². The fourth-order valence-corrected chi connectivity index (χ4v) is 2.91. The van der Waals surface area contributed by atoms with Gasteiger partial charge in [0.05, 0.1) is 15.6 Å². The molecule has 0 radical (unpaired) electrons. The normalized spacial score (nSPS) is 20.6. The number of imide groups is 1. The van der Waals surface area contributed by atoms with E-state index in [9.17, 15) is 19.7 Å². The van der Waals surface area contributed by atoms with Gasteiger partial charge in [-0.25, -0.2) is 4.79 Å². The summed E-state index contributed by atoms with van der Waals surface area (Å²) in [7, 11) is 0. The molecule has 0 unspecified atom stereocenters. The van der Waals surface area contributed by atoms with Crippen molar-refractivity contribution in [2.75, 3.05) is 5.32 Å². The predicted molar refractivity (Wildman–Crippen MR) is 85.2 cm³/mol. The lowest BCUT2D eigenvalue weighted by Gasteiger charge is -2.29. The summed E-state index contributed by atoms with van der Waals surface area (Å²) in [6.07, 6.45) is 2.71. The third-order valence-corrected chi connectivity index (χ3v) is 4.18. The summed E-state index contributed by atoms with van der Waals surface area (Å²) < 4.78 is 0. The van der Waals surface area contributed by atoms with E-state index in [1.807, 2.05) is 0 Å². The van der Waals surface area contributed by atoms with Crippen LogP contribution in [0.5, 0.6) is 0 Å². The summed E-state index contributed by atoms with van der Waals surface area (Å²) in [4.78, 5) is 32.6. The number of hydrogen-bond donors (Lipinski definition) is 3. The molecule has 1 aromatic carbocycles. The summed E-state index contributed by atoms with van der Waals surface area (Å²) in [6.45, 7) is 0. The van der Waals surface area contributed by atoms with Crippen LogP contribution in [0.1, 0.15) is 25.7 Å². The van der Waals surface area contributed by atoms with Crippen molar-refractivity contribution >= 4 is 34.9 Å². The van der Waals surface area contributed by atoms with Gasteiger partial charge in [-0.2, -0.15) is 0 Å². The molecule has 9 heteroatoms. The smallest absolute Gasteiger partial charge is 0.318 e. The molecule has 3 amide bonds. The second-order valence-electron chi connectivity index (χ2n) is 5.47. The number of nitrogens with one attached hydrogen (secondary N) is 2. The van der Waals surface area contributed by atoms with Crippen LogP contribution in [0.4, 0.5) is 16.2 Å². The fourth-order valence-electron chi connectivity index (χ4n) is 2.68. The summed E-state index contributed by atoms with van der Waals surface area (Å²) >= 11 is 6.05. The Hall–Kier alpha value is -2.35. The number of rotatable bonds is 4. The quantitative estimate of drug-likeness (QED) is 0.572. The van der Waals surface area contributed by atoms with Crippen molar-refractivity contribution in [2.45, 2.75) is 31.7 Å². The minimum Gasteiger partial charge on any atom is -0.381 e. The van der Waals surface area contributed by atoms with E-state index in [0.717, 1.165) is 12.8 Å². The number of amides is 3. The molecule has 1 aliphatic carbocycles. The van der Waals surface area contributed by atoms with Gasteiger partial charge in [-0.05, 0) is 31.7 Å². The lowest BCUT2D eigenvalue weighted by molar-refractivity contribution is -0.384. The molecule has 2 rings (SSSR count). The number of non-ortho nitro benzene ring substituents is 1. The molecule has 0 aromatic heterocycles. The van der Waals surface area contributed by atoms with E-state index in [1.165, 1.54) is 12.1 Å². The van der Waals surface area contributed by atoms with Crippen LogP contribution in [-0.4, -0.2) is 22.9 Å². The first kappa shape index (κ1) is 17.0. The molecule has 23 heavy (non-hydrogen) atoms. The van der Waals surface area contributed by atoms with E-state index in [-0.39, 0.29) is 28.6 Å². The van der Waals surface area contributed by atoms with E-state index in [4.69, 9.17) is 17.3 Å². The number of benzene rings is 1. The van der Waals surface area contributed by atoms with Crippen molar-refractivity contribution in [3.63, 3.8) is 0 Å². The highest BCUT2D eigenvalue weighted by molar-refractivity contribution is 6.33. The molecule has 0 aliphatic heterocycles. The van der Waals surface area contributed by atoms with Crippen LogP contribution in [0.15, 0.2) is 18.2 Å². The van der Waals surface area contributed by atoms with Gasteiger partial charge >= 0.3 is 6.03 Å². The number of carbonyl (C=O) groups is 2. The topological polar surface area (TPSA) is 127 Å². The zero-order valence-corrected chi connectivity index (χ0v) is 13.0. The Labute approximate surface area is 137 Å². The minimum absolute atomic E-state index is 0.0626. The molecular weight excluding hydrogens is 324 g/mol. The molecule has 0 heterocycles. The molecule has 0 spiro atoms. The van der Waals surface area contributed by atoms with Crippen LogP contribution >= 0.6 is 11.6 Å². The van der Waals surface area contributed by atoms with Crippen molar-refractivity contribution in [3.8, 4) is 0 Å². The first-order chi connectivity index (χ1) is 10.9. The van der Waals surface area contributed by atoms with Gasteiger partial charge in [-0.3, -0.25) is 20.2 Å². The molecule has 0 saturated heterocycles. The van der Waals surface area contributed by atoms with Crippen molar-refractivity contribution < 1.29 is 14.5 Å². The third kappa shape index (κ3) is 4.56. The van der Waals surface area contributed by atoms with Crippen LogP contribution in [0, 0.1) is 16.0 Å². The maximum atomic E-state index is 11.7. The van der Waals surface area contributed by atoms with Gasteiger partial charge < -0.3 is 11.1 Å². The van der Waals surface area contributed by atoms with E-state index in [2.05, 4.69) is 10.6 Å². The number of nitro groups is 1. The second-order valence-corrected chi connectivity index (χ2v) is 5.87. The molecular formula is C14H17ClN4O4. The third-order valence-electron chi connectivity index (χ3n) is 3.87. The number of nitro benzene ring substituents is 1. The molecule has 1 fully saturated rings. The number of primary amides is 1. The van der Waals surface area contributed by atoms with Gasteiger partial charge in [0.1, 0.15) is 0 Å². The Morgan fingerprint density at radius 3 is 2.43 bits per heavy atom. The van der Waals surface area contributed by atoms with Crippen LogP contribution in [0.25, 0.3) is 0 Å². The Morgan fingerprint density at radius 2 is 1.91 bits per heavy atom. The summed E-state index contributed by atoms with van der Waals surface area (Å²) in [5.41, 5.74) is 5.50. The number of hydrogen-bond acceptors (Lipinski definition) is 5. The van der Waals surface area contributed by atoms with Gasteiger partial charge in [0, 0.05) is 24.1 Å². The van der Waals surface area contributed by atoms with Crippen molar-refractivity contribution in [3.05, 3.63) is 33.3 Å². The van der Waals surface area contributed by atoms with Gasteiger partial charge in [0.25, 0.3) is 5.69 Å². The number of nitrogens with zero attached hydrogens (tertiary/aromatic N) is 1. The number of carbonyl (C=O) groups excluding carboxylic acids is 2. The number of nitrogens with two attached hydrogens (primary N) is 1. The maximum absolute atomic E-state index is 11.7. The lowest BCUT2D eigenvalue weighted by atomic mass is 9.85. The van der Waals surface area contributed by atoms with E-state index < -0.39 is 11.0 Å².